The maximum atomic E-state index is 11.0. The Hall–Kier alpha value is -4.58. The summed E-state index contributed by atoms with van der Waals surface area (Å²) < 4.78 is 11.3. The monoisotopic (exact) mass is 878 g/mol. The number of hydrogen-bond acceptors (Lipinski definition) is 11. The second kappa shape index (κ2) is 27.2. The van der Waals surface area contributed by atoms with Crippen LogP contribution in [0, 0.1) is 41.5 Å². The van der Waals surface area contributed by atoms with E-state index < -0.39 is 0 Å². The van der Waals surface area contributed by atoms with E-state index in [1.807, 2.05) is 79.5 Å². The van der Waals surface area contributed by atoms with E-state index in [9.17, 15) is 14.7 Å². The number of nitrogens with zero attached hydrogens (tertiary/aromatic N) is 9. The Morgan fingerprint density at radius 3 is 1.19 bits per heavy atom. The van der Waals surface area contributed by atoms with Crippen molar-refractivity contribution in [3.8, 4) is 17.8 Å². The molecule has 2 N–H and O–H groups in total. The molecule has 0 bridgehead atoms. The normalized spacial score (nSPS) is 10.2. The number of ketones is 1. The summed E-state index contributed by atoms with van der Waals surface area (Å²) in [6.45, 7) is 21.8. The van der Waals surface area contributed by atoms with Crippen LogP contribution in [0.4, 0.5) is 0 Å². The Morgan fingerprint density at radius 1 is 0.661 bits per heavy atom. The molecule has 1 unspecified atom stereocenters. The van der Waals surface area contributed by atoms with Gasteiger partial charge in [-0.15, -0.1) is 0 Å². The zero-order valence-corrected chi connectivity index (χ0v) is 39.8. The van der Waals surface area contributed by atoms with E-state index in [1.54, 1.807) is 58.0 Å². The smallest absolute Gasteiger partial charge is 1.00 e. The van der Waals surface area contributed by atoms with E-state index in [4.69, 9.17) is 5.11 Å². The number of aliphatic hydroxyl groups is 2. The van der Waals surface area contributed by atoms with Gasteiger partial charge in [-0.25, -0.2) is 29.9 Å². The minimum Gasteiger partial charge on any atom is -1.00 e. The predicted molar refractivity (Wildman–Crippen MR) is 232 cm³/mol. The van der Waals surface area contributed by atoms with Crippen molar-refractivity contribution in [2.24, 2.45) is 0 Å². The molecule has 6 rings (SSSR count). The number of aromatic nitrogens is 9. The molecule has 6 aromatic rings. The molecule has 0 aliphatic rings. The Labute approximate surface area is 381 Å². The van der Waals surface area contributed by atoms with Crippen molar-refractivity contribution in [1.29, 1.82) is 0 Å². The van der Waals surface area contributed by atoms with Crippen LogP contribution in [0.25, 0.3) is 17.8 Å². The molecule has 59 heavy (non-hydrogen) atoms. The summed E-state index contributed by atoms with van der Waals surface area (Å²) in [5, 5.41) is 16.3. The predicted octanol–water partition coefficient (Wildman–Crippen LogP) is 3.90. The van der Waals surface area contributed by atoms with Crippen molar-refractivity contribution in [2.45, 2.75) is 88.2 Å². The van der Waals surface area contributed by atoms with Crippen LogP contribution in [-0.2, 0) is 27.2 Å². The minimum absolute atomic E-state index is 0. The van der Waals surface area contributed by atoms with E-state index in [2.05, 4.69) is 69.3 Å². The van der Waals surface area contributed by atoms with Crippen LogP contribution >= 0.6 is 15.9 Å². The molecule has 0 fully saturated rings. The maximum absolute atomic E-state index is 11.0. The van der Waals surface area contributed by atoms with Crippen molar-refractivity contribution >= 4 is 36.1 Å². The van der Waals surface area contributed by atoms with Gasteiger partial charge < -0.3 is 16.4 Å². The summed E-state index contributed by atoms with van der Waals surface area (Å²) in [5.41, 5.74) is 8.52. The van der Waals surface area contributed by atoms with Crippen LogP contribution in [0.5, 0.6) is 0 Å². The first-order valence-electron chi connectivity index (χ1n) is 18.0. The fourth-order valence-electron chi connectivity index (χ4n) is 5.37. The van der Waals surface area contributed by atoms with Gasteiger partial charge >= 0.3 is 35.5 Å². The second-order valence-electron chi connectivity index (χ2n) is 13.1. The second-order valence-corrected chi connectivity index (χ2v) is 14.0. The molecule has 309 valence electrons. The molecule has 3 radical (unpaired) electrons. The third-order valence-electron chi connectivity index (χ3n) is 7.71. The topological polar surface area (TPSA) is 176 Å². The number of hydrogen-bond donors (Lipinski definition) is 2. The average molecular weight is 880 g/mol. The van der Waals surface area contributed by atoms with Crippen LogP contribution in [0.15, 0.2) is 90.4 Å². The molecule has 6 heterocycles. The van der Waals surface area contributed by atoms with E-state index >= 15 is 0 Å². The Balaban J connectivity index is 0. The maximum Gasteiger partial charge on any atom is 1.00 e. The van der Waals surface area contributed by atoms with Gasteiger partial charge in [-0.05, 0) is 126 Å². The molecule has 14 nitrogen and oxygen atoms in total. The fraction of sp³-hybridized carbons (Fsp3) is 0.333. The van der Waals surface area contributed by atoms with Crippen LogP contribution in [0.2, 0.25) is 0 Å². The minimum atomic E-state index is -0.362. The molecule has 6 aromatic heterocycles. The number of Topliss-reactive ketones (excluding diaryl/α,β-unsaturated/α-hetero) is 1. The molecule has 0 aliphatic heterocycles. The third kappa shape index (κ3) is 18.1. The van der Waals surface area contributed by atoms with E-state index in [0.29, 0.717) is 36.4 Å². The van der Waals surface area contributed by atoms with Crippen molar-refractivity contribution in [3.63, 3.8) is 0 Å². The average Bonchev–Trinajstić information content (AvgIpc) is 3.79. The molecule has 0 aliphatic carbocycles. The third-order valence-corrected chi connectivity index (χ3v) is 8.12. The SMILES string of the molecule is C=C(C)OC(C)=O.CC(=O)Cc1cnc(-n2c(C)ccc2C)nc1.CO.Cc1ccc(C)n1-c1ncc(Br)cn1.Cc1ccc(C)n1-c1ncc(CC(C)O)cn1.[B].[H-].[Na+]. The zero-order chi connectivity index (χ0) is 42.8. The molecule has 0 saturated carbocycles. The van der Waals surface area contributed by atoms with Crippen molar-refractivity contribution in [3.05, 3.63) is 136 Å². The largest absolute Gasteiger partial charge is 1.00 e. The first-order valence-corrected chi connectivity index (χ1v) is 18.8. The van der Waals surface area contributed by atoms with Gasteiger partial charge in [-0.1, -0.05) is 6.58 Å². The summed E-state index contributed by atoms with van der Waals surface area (Å²) in [4.78, 5) is 46.7. The summed E-state index contributed by atoms with van der Waals surface area (Å²) in [6, 6.07) is 12.3. The fourth-order valence-corrected chi connectivity index (χ4v) is 5.57. The van der Waals surface area contributed by atoms with Gasteiger partial charge in [-0.2, -0.15) is 0 Å². The first-order chi connectivity index (χ1) is 27.0. The number of rotatable bonds is 8. The molecule has 0 spiro atoms. The van der Waals surface area contributed by atoms with E-state index in [0.717, 1.165) is 56.9 Å². The van der Waals surface area contributed by atoms with Crippen LogP contribution in [0.3, 0.4) is 0 Å². The molecular formula is C42H55BBrN9NaO5. The van der Waals surface area contributed by atoms with Gasteiger partial charge in [0.25, 0.3) is 0 Å². The van der Waals surface area contributed by atoms with Gasteiger partial charge in [0.2, 0.25) is 17.8 Å². The number of ether oxygens (including phenoxy) is 1. The Morgan fingerprint density at radius 2 is 0.949 bits per heavy atom. The molecule has 0 saturated heterocycles. The summed E-state index contributed by atoms with van der Waals surface area (Å²) in [7, 11) is 1.00. The van der Waals surface area contributed by atoms with Crippen molar-refractivity contribution in [1.82, 2.24) is 43.6 Å². The molecular weight excluding hydrogens is 824 g/mol. The van der Waals surface area contributed by atoms with Crippen LogP contribution in [-0.4, -0.2) is 87.2 Å². The van der Waals surface area contributed by atoms with Gasteiger partial charge in [0.15, 0.2) is 0 Å². The van der Waals surface area contributed by atoms with E-state index in [-0.39, 0.29) is 57.3 Å². The van der Waals surface area contributed by atoms with Crippen LogP contribution in [0.1, 0.15) is 74.4 Å². The summed E-state index contributed by atoms with van der Waals surface area (Å²) >= 11 is 3.31. The number of aliphatic hydroxyl groups excluding tert-OH is 2. The van der Waals surface area contributed by atoms with Gasteiger partial charge in [0, 0.05) is 107 Å². The van der Waals surface area contributed by atoms with E-state index in [1.165, 1.54) is 6.92 Å². The molecule has 1 atom stereocenters. The van der Waals surface area contributed by atoms with Crippen molar-refractivity contribution < 1.29 is 55.5 Å². The summed E-state index contributed by atoms with van der Waals surface area (Å²) in [5.74, 6) is 2.29. The number of halogens is 1. The number of carbonyl (C=O) groups is 2. The zero-order valence-electron chi connectivity index (χ0n) is 37.2. The van der Waals surface area contributed by atoms with Gasteiger partial charge in [0.1, 0.15) is 5.78 Å². The Kier molecular flexibility index (Phi) is 25.1. The molecule has 17 heteroatoms. The van der Waals surface area contributed by atoms with Crippen molar-refractivity contribution in [2.75, 3.05) is 7.11 Å². The first kappa shape index (κ1) is 54.4. The number of aryl methyl sites for hydroxylation is 6. The number of carbonyl (C=O) groups excluding carboxylic acids is 2. The Bertz CT molecular complexity index is 2120. The van der Waals surface area contributed by atoms with Gasteiger partial charge in [0.05, 0.1) is 16.3 Å². The van der Waals surface area contributed by atoms with Gasteiger partial charge in [-0.3, -0.25) is 23.3 Å². The summed E-state index contributed by atoms with van der Waals surface area (Å²) in [6.07, 6.45) is 11.1. The molecule has 0 aromatic carbocycles. The standard InChI is InChI=1S/C13H17N3O.C13H15N3O.C10H10BrN3.C5H8O2.CH4O.B.Na.H/c2*1-9-4-5-10(2)16(9)13-14-7-12(8-15-13)6-11(3)17;1-7-3-4-8(2)14(7)10-12-5-9(11)6-13-10;1-4(2)7-5(3)6;1-2;;;/h4-5,7-8,11,17H,6H2,1-3H3;4-5,7-8H,6H2,1-3H3;3-6H,1-2H3;1H2,2-3H3;2H,1H3;;;/q;;;;;;+1;-1. The quantitative estimate of drug-likeness (QED) is 0.129. The van der Waals surface area contributed by atoms with Crippen LogP contribution < -0.4 is 29.6 Å². The molecule has 0 amide bonds. The number of esters is 1. The number of allylic oxidation sites excluding steroid dienone is 1.